The molecule has 18 heavy (non-hydrogen) atoms. The van der Waals surface area contributed by atoms with E-state index in [2.05, 4.69) is 64.8 Å². The van der Waals surface area contributed by atoms with Gasteiger partial charge in [-0.15, -0.1) is 0 Å². The first-order valence-electron chi connectivity index (χ1n) is 6.23. The van der Waals surface area contributed by atoms with E-state index in [1.807, 2.05) is 0 Å². The summed E-state index contributed by atoms with van der Waals surface area (Å²) in [5, 5.41) is 0. The summed E-state index contributed by atoms with van der Waals surface area (Å²) in [4.78, 5) is 0. The largest absolute Gasteiger partial charge is 0.0847 e. The Balaban J connectivity index is 1.86. The highest BCUT2D eigenvalue weighted by molar-refractivity contribution is 14.2. The lowest BCUT2D eigenvalue weighted by Crippen LogP contribution is -2.00. The minimum atomic E-state index is 0.0232. The van der Waals surface area contributed by atoms with E-state index in [4.69, 9.17) is 0 Å². The normalized spacial score (nSPS) is 18.6. The van der Waals surface area contributed by atoms with Crippen LogP contribution in [0.3, 0.4) is 0 Å². The van der Waals surface area contributed by atoms with Crippen molar-refractivity contribution in [2.75, 3.05) is 0 Å². The summed E-state index contributed by atoms with van der Waals surface area (Å²) in [6.07, 6.45) is 13.7. The van der Waals surface area contributed by atoms with Crippen LogP contribution in [0.15, 0.2) is 70.4 Å². The van der Waals surface area contributed by atoms with E-state index < -0.39 is 0 Å². The van der Waals surface area contributed by atoms with E-state index in [9.17, 15) is 0 Å². The maximum absolute atomic E-state index is 2.45. The Kier molecular flexibility index (Phi) is 3.69. The summed E-state index contributed by atoms with van der Waals surface area (Å²) in [5.74, 6) is 0. The monoisotopic (exact) mass is 346 g/mol. The van der Waals surface area contributed by atoms with Gasteiger partial charge in [-0.3, -0.25) is 0 Å². The van der Waals surface area contributed by atoms with Gasteiger partial charge < -0.3 is 0 Å². The molecule has 90 valence electrons. The zero-order valence-corrected chi connectivity index (χ0v) is 12.3. The molecule has 1 aromatic carbocycles. The lowest BCUT2D eigenvalue weighted by atomic mass is 10.0. The standard InChI is InChI=1S/C17H15I/c1-3-7-14(8-4-1)16-11-12-17(18-13-16)15-9-5-2-6-10-15/h1-5,7-9,11-13H,6,10H2. The Bertz CT molecular complexity index is 583. The minimum Gasteiger partial charge on any atom is -0.0847 e. The molecule has 2 aliphatic rings. The number of halogens is 1. The Morgan fingerprint density at radius 1 is 1.00 bits per heavy atom. The first-order chi connectivity index (χ1) is 8.93. The Morgan fingerprint density at radius 2 is 1.89 bits per heavy atom. The van der Waals surface area contributed by atoms with Gasteiger partial charge in [-0.1, -0.05) is 75.4 Å². The molecule has 1 heteroatoms. The van der Waals surface area contributed by atoms with Crippen LogP contribution in [0.5, 0.6) is 0 Å². The molecule has 1 aromatic rings. The van der Waals surface area contributed by atoms with Crippen molar-refractivity contribution >= 4 is 29.8 Å². The summed E-state index contributed by atoms with van der Waals surface area (Å²) in [5.41, 5.74) is 4.27. The molecule has 0 bridgehead atoms. The molecule has 0 aromatic heterocycles. The maximum Gasteiger partial charge on any atom is 0.0109 e. The Labute approximate surface area is 118 Å². The first-order valence-corrected chi connectivity index (χ1v) is 8.56. The number of hydrogen-bond acceptors (Lipinski definition) is 0. The van der Waals surface area contributed by atoms with Crippen LogP contribution in [-0.4, -0.2) is 3.51 Å². The highest BCUT2D eigenvalue weighted by atomic mass is 127. The van der Waals surface area contributed by atoms with E-state index in [0.29, 0.717) is 0 Å². The van der Waals surface area contributed by atoms with Gasteiger partial charge in [0.05, 0.1) is 0 Å². The fourth-order valence-electron chi connectivity index (χ4n) is 2.12. The van der Waals surface area contributed by atoms with Crippen molar-refractivity contribution in [3.63, 3.8) is 0 Å². The molecule has 0 radical (unpaired) electrons. The van der Waals surface area contributed by atoms with Gasteiger partial charge in [0, 0.05) is 3.51 Å². The highest BCUT2D eigenvalue weighted by Gasteiger charge is 2.07. The summed E-state index contributed by atoms with van der Waals surface area (Å²) in [6.45, 7) is 0. The lowest BCUT2D eigenvalue weighted by Gasteiger charge is -2.12. The predicted molar refractivity (Wildman–Crippen MR) is 89.0 cm³/mol. The van der Waals surface area contributed by atoms with E-state index in [1.54, 1.807) is 9.08 Å². The van der Waals surface area contributed by atoms with Crippen LogP contribution in [0.4, 0.5) is 0 Å². The summed E-state index contributed by atoms with van der Waals surface area (Å²) in [7, 11) is 0. The molecule has 0 atom stereocenters. The van der Waals surface area contributed by atoms with Crippen molar-refractivity contribution in [1.82, 2.24) is 0 Å². The third-order valence-electron chi connectivity index (χ3n) is 3.13. The van der Waals surface area contributed by atoms with Gasteiger partial charge in [0.15, 0.2) is 0 Å². The summed E-state index contributed by atoms with van der Waals surface area (Å²) in [6, 6.07) is 10.7. The van der Waals surface area contributed by atoms with Gasteiger partial charge in [-0.2, -0.15) is 0 Å². The summed E-state index contributed by atoms with van der Waals surface area (Å²) < 4.78 is 4.03. The molecular weight excluding hydrogens is 331 g/mol. The van der Waals surface area contributed by atoms with E-state index in [1.165, 1.54) is 24.0 Å². The number of hydrogen-bond donors (Lipinski definition) is 0. The number of rotatable bonds is 2. The van der Waals surface area contributed by atoms with Gasteiger partial charge in [0.2, 0.25) is 0 Å². The topological polar surface area (TPSA) is 0 Å². The van der Waals surface area contributed by atoms with Crippen LogP contribution < -0.4 is 0 Å². The van der Waals surface area contributed by atoms with Crippen LogP contribution in [0.1, 0.15) is 18.4 Å². The SMILES string of the molecule is C1=CCCC(C2=IC=C(c3ccccc3)C=C2)=C1. The van der Waals surface area contributed by atoms with Gasteiger partial charge >= 0.3 is 0 Å². The molecule has 0 fully saturated rings. The first kappa shape index (κ1) is 11.8. The van der Waals surface area contributed by atoms with Crippen molar-refractivity contribution in [2.45, 2.75) is 12.8 Å². The molecule has 0 N–H and O–H groups in total. The molecule has 0 nitrogen and oxygen atoms in total. The van der Waals surface area contributed by atoms with Crippen molar-refractivity contribution in [3.05, 3.63) is 75.9 Å². The van der Waals surface area contributed by atoms with E-state index in [0.717, 1.165) is 0 Å². The predicted octanol–water partition coefficient (Wildman–Crippen LogP) is 5.02. The zero-order chi connectivity index (χ0) is 12.2. The second-order valence-corrected chi connectivity index (χ2v) is 6.79. The van der Waals surface area contributed by atoms with Gasteiger partial charge in [0.25, 0.3) is 0 Å². The second kappa shape index (κ2) is 5.61. The third-order valence-corrected chi connectivity index (χ3v) is 5.83. The molecule has 0 saturated carbocycles. The smallest absolute Gasteiger partial charge is 0.0109 e. The molecule has 1 heterocycles. The van der Waals surface area contributed by atoms with Crippen molar-refractivity contribution in [3.8, 4) is 0 Å². The van der Waals surface area contributed by atoms with Crippen molar-refractivity contribution < 1.29 is 0 Å². The van der Waals surface area contributed by atoms with Crippen LogP contribution in [0.25, 0.3) is 5.57 Å². The van der Waals surface area contributed by atoms with Crippen LogP contribution >= 0.6 is 20.7 Å². The van der Waals surface area contributed by atoms with Gasteiger partial charge in [-0.05, 0) is 39.7 Å². The van der Waals surface area contributed by atoms with Crippen molar-refractivity contribution in [1.29, 1.82) is 0 Å². The molecule has 0 spiro atoms. The summed E-state index contributed by atoms with van der Waals surface area (Å²) >= 11 is 0.0232. The molecule has 1 aliphatic carbocycles. The average molecular weight is 346 g/mol. The molecule has 0 unspecified atom stereocenters. The van der Waals surface area contributed by atoms with Gasteiger partial charge in [0.1, 0.15) is 0 Å². The van der Waals surface area contributed by atoms with Crippen LogP contribution in [0, 0.1) is 0 Å². The number of allylic oxidation sites excluding steroid dienone is 7. The Hall–Kier alpha value is -1.22. The Morgan fingerprint density at radius 3 is 2.56 bits per heavy atom. The third kappa shape index (κ3) is 2.61. The van der Waals surface area contributed by atoms with Crippen LogP contribution in [0.2, 0.25) is 0 Å². The molecule has 0 saturated heterocycles. The zero-order valence-electron chi connectivity index (χ0n) is 10.1. The number of benzene rings is 1. The van der Waals surface area contributed by atoms with E-state index >= 15 is 0 Å². The molecule has 1 aliphatic heterocycles. The molecule has 3 rings (SSSR count). The van der Waals surface area contributed by atoms with Crippen molar-refractivity contribution in [2.24, 2.45) is 0 Å². The van der Waals surface area contributed by atoms with E-state index in [-0.39, 0.29) is 20.7 Å². The van der Waals surface area contributed by atoms with Gasteiger partial charge in [-0.25, -0.2) is 0 Å². The van der Waals surface area contributed by atoms with Crippen LogP contribution in [-0.2, 0) is 0 Å². The fraction of sp³-hybridized carbons (Fsp3) is 0.118. The molecular formula is C17H15I. The molecule has 0 amide bonds. The quantitative estimate of drug-likeness (QED) is 0.660. The highest BCUT2D eigenvalue weighted by Crippen LogP contribution is 2.28. The second-order valence-electron chi connectivity index (χ2n) is 4.38. The lowest BCUT2D eigenvalue weighted by molar-refractivity contribution is 1.01. The maximum atomic E-state index is 2.45. The average Bonchev–Trinajstić information content (AvgIpc) is 2.49. The fourth-order valence-corrected chi connectivity index (χ4v) is 4.60. The minimum absolute atomic E-state index is 0.0232.